The van der Waals surface area contributed by atoms with Gasteiger partial charge in [0.1, 0.15) is 0 Å². The molecule has 1 aliphatic carbocycles. The lowest BCUT2D eigenvalue weighted by Crippen LogP contribution is -2.33. The van der Waals surface area contributed by atoms with Crippen molar-refractivity contribution >= 4 is 8.32 Å². The van der Waals surface area contributed by atoms with Crippen molar-refractivity contribution in [3.63, 3.8) is 0 Å². The molecule has 1 aromatic rings. The minimum atomic E-state index is -1.39. The Morgan fingerprint density at radius 2 is 1.82 bits per heavy atom. The van der Waals surface area contributed by atoms with E-state index in [1.165, 1.54) is 29.5 Å². The Morgan fingerprint density at radius 1 is 1.18 bits per heavy atom. The van der Waals surface area contributed by atoms with Gasteiger partial charge in [0, 0.05) is 6.61 Å². The number of hydrogen-bond acceptors (Lipinski definition) is 1. The first-order valence-corrected chi connectivity index (χ1v) is 9.91. The summed E-state index contributed by atoms with van der Waals surface area (Å²) in [5, 5.41) is 0. The molecule has 94 valence electrons. The molecule has 2 heteroatoms. The van der Waals surface area contributed by atoms with E-state index >= 15 is 0 Å². The van der Waals surface area contributed by atoms with Crippen molar-refractivity contribution in [1.29, 1.82) is 0 Å². The summed E-state index contributed by atoms with van der Waals surface area (Å²) in [4.78, 5) is 0. The molecule has 0 aliphatic heterocycles. The Morgan fingerprint density at radius 3 is 2.47 bits per heavy atom. The number of fused-ring (bicyclic) bond motifs is 1. The van der Waals surface area contributed by atoms with Crippen LogP contribution in [0.1, 0.15) is 23.6 Å². The number of hydrogen-bond donors (Lipinski definition) is 0. The largest absolute Gasteiger partial charge is 0.417 e. The summed E-state index contributed by atoms with van der Waals surface area (Å²) in [6.45, 7) is 12.3. The Balaban J connectivity index is 2.07. The van der Waals surface area contributed by atoms with E-state index in [0.29, 0.717) is 5.41 Å². The molecule has 0 amide bonds. The third-order valence-electron chi connectivity index (χ3n) is 3.45. The molecule has 0 spiro atoms. The smallest absolute Gasteiger partial charge is 0.183 e. The van der Waals surface area contributed by atoms with Gasteiger partial charge >= 0.3 is 0 Å². The molecule has 0 radical (unpaired) electrons. The number of benzene rings is 1. The van der Waals surface area contributed by atoms with Crippen LogP contribution in [-0.2, 0) is 17.3 Å². The fourth-order valence-corrected chi connectivity index (χ4v) is 3.35. The molecular weight excluding hydrogens is 224 g/mol. The van der Waals surface area contributed by atoms with Crippen molar-refractivity contribution in [2.75, 3.05) is 6.61 Å². The van der Waals surface area contributed by atoms with Crippen molar-refractivity contribution in [3.05, 3.63) is 34.9 Å². The highest BCUT2D eigenvalue weighted by molar-refractivity contribution is 6.69. The zero-order chi connectivity index (χ0) is 12.7. The highest BCUT2D eigenvalue weighted by Crippen LogP contribution is 2.37. The van der Waals surface area contributed by atoms with Gasteiger partial charge in [-0.25, -0.2) is 0 Å². The minimum Gasteiger partial charge on any atom is -0.417 e. The molecular formula is C15H24OSi. The average molecular weight is 248 g/mol. The van der Waals surface area contributed by atoms with Crippen LogP contribution in [-0.4, -0.2) is 14.9 Å². The second-order valence-electron chi connectivity index (χ2n) is 6.84. The van der Waals surface area contributed by atoms with Crippen LogP contribution in [0.4, 0.5) is 0 Å². The Kier molecular flexibility index (Phi) is 3.21. The van der Waals surface area contributed by atoms with Crippen molar-refractivity contribution in [1.82, 2.24) is 0 Å². The Labute approximate surface area is 106 Å². The molecule has 0 fully saturated rings. The van der Waals surface area contributed by atoms with E-state index < -0.39 is 8.32 Å². The first kappa shape index (κ1) is 12.8. The highest BCUT2D eigenvalue weighted by Gasteiger charge is 2.34. The van der Waals surface area contributed by atoms with Crippen LogP contribution in [0, 0.1) is 12.3 Å². The SMILES string of the molecule is Cc1ccc2c(c1)CC(C)(CO[Si](C)(C)C)C2. The second kappa shape index (κ2) is 4.25. The standard InChI is InChI=1S/C15H24OSi/c1-12-6-7-13-9-15(2,10-14(13)8-12)11-16-17(3,4)5/h6-8H,9-11H2,1-5H3. The lowest BCUT2D eigenvalue weighted by Gasteiger charge is -2.28. The van der Waals surface area contributed by atoms with Gasteiger partial charge in [0.2, 0.25) is 0 Å². The summed E-state index contributed by atoms with van der Waals surface area (Å²) >= 11 is 0. The quantitative estimate of drug-likeness (QED) is 0.736. The van der Waals surface area contributed by atoms with Crippen LogP contribution in [0.5, 0.6) is 0 Å². The van der Waals surface area contributed by atoms with Crippen molar-refractivity contribution in [3.8, 4) is 0 Å². The molecule has 0 bridgehead atoms. The number of rotatable bonds is 3. The van der Waals surface area contributed by atoms with Crippen LogP contribution in [0.15, 0.2) is 18.2 Å². The summed E-state index contributed by atoms with van der Waals surface area (Å²) in [7, 11) is -1.39. The lowest BCUT2D eigenvalue weighted by atomic mass is 9.88. The first-order valence-electron chi connectivity index (χ1n) is 6.50. The normalized spacial score (nSPS) is 23.8. The fraction of sp³-hybridized carbons (Fsp3) is 0.600. The maximum atomic E-state index is 6.12. The van der Waals surface area contributed by atoms with Crippen LogP contribution < -0.4 is 0 Å². The zero-order valence-electron chi connectivity index (χ0n) is 11.8. The molecule has 1 aromatic carbocycles. The third kappa shape index (κ3) is 3.20. The third-order valence-corrected chi connectivity index (χ3v) is 4.46. The van der Waals surface area contributed by atoms with E-state index in [1.54, 1.807) is 0 Å². The monoisotopic (exact) mass is 248 g/mol. The molecule has 0 saturated heterocycles. The molecule has 17 heavy (non-hydrogen) atoms. The zero-order valence-corrected chi connectivity index (χ0v) is 12.8. The Bertz CT molecular complexity index is 419. The molecule has 1 nitrogen and oxygen atoms in total. The fourth-order valence-electron chi connectivity index (χ4n) is 2.57. The van der Waals surface area contributed by atoms with Gasteiger partial charge in [0.15, 0.2) is 8.32 Å². The summed E-state index contributed by atoms with van der Waals surface area (Å²) in [6.07, 6.45) is 2.35. The molecule has 0 heterocycles. The van der Waals surface area contributed by atoms with Gasteiger partial charge in [-0.2, -0.15) is 0 Å². The van der Waals surface area contributed by atoms with Crippen molar-refractivity contribution < 1.29 is 4.43 Å². The molecule has 0 saturated carbocycles. The van der Waals surface area contributed by atoms with Crippen LogP contribution in [0.25, 0.3) is 0 Å². The van der Waals surface area contributed by atoms with E-state index in [9.17, 15) is 0 Å². The lowest BCUT2D eigenvalue weighted by molar-refractivity contribution is 0.166. The maximum absolute atomic E-state index is 6.12. The maximum Gasteiger partial charge on any atom is 0.183 e. The second-order valence-corrected chi connectivity index (χ2v) is 11.4. The molecule has 0 N–H and O–H groups in total. The van der Waals surface area contributed by atoms with Crippen LogP contribution >= 0.6 is 0 Å². The predicted molar refractivity (Wildman–Crippen MR) is 76.0 cm³/mol. The van der Waals surface area contributed by atoms with Crippen LogP contribution in [0.3, 0.4) is 0 Å². The summed E-state index contributed by atoms with van der Waals surface area (Å²) < 4.78 is 6.12. The predicted octanol–water partition coefficient (Wildman–Crippen LogP) is 3.95. The molecule has 2 rings (SSSR count). The number of aryl methyl sites for hydroxylation is 1. The van der Waals surface area contributed by atoms with E-state index in [-0.39, 0.29) is 0 Å². The summed E-state index contributed by atoms with van der Waals surface area (Å²) in [5.74, 6) is 0. The van der Waals surface area contributed by atoms with Gasteiger partial charge in [-0.1, -0.05) is 30.7 Å². The van der Waals surface area contributed by atoms with E-state index in [2.05, 4.69) is 51.7 Å². The van der Waals surface area contributed by atoms with Crippen LogP contribution in [0.2, 0.25) is 19.6 Å². The van der Waals surface area contributed by atoms with Gasteiger partial charge in [0.25, 0.3) is 0 Å². The summed E-state index contributed by atoms with van der Waals surface area (Å²) in [6, 6.07) is 6.86. The van der Waals surface area contributed by atoms with Crippen molar-refractivity contribution in [2.24, 2.45) is 5.41 Å². The van der Waals surface area contributed by atoms with Gasteiger partial charge in [-0.05, 0) is 55.9 Å². The molecule has 1 unspecified atom stereocenters. The topological polar surface area (TPSA) is 9.23 Å². The van der Waals surface area contributed by atoms with Gasteiger partial charge in [-0.3, -0.25) is 0 Å². The summed E-state index contributed by atoms with van der Waals surface area (Å²) in [5.41, 5.74) is 4.75. The van der Waals surface area contributed by atoms with Gasteiger partial charge in [0.05, 0.1) is 0 Å². The molecule has 1 aliphatic rings. The first-order chi connectivity index (χ1) is 7.77. The molecule has 1 atom stereocenters. The van der Waals surface area contributed by atoms with E-state index in [4.69, 9.17) is 4.43 Å². The average Bonchev–Trinajstić information content (AvgIpc) is 2.51. The minimum absolute atomic E-state index is 0.316. The van der Waals surface area contributed by atoms with E-state index in [1.807, 2.05) is 0 Å². The highest BCUT2D eigenvalue weighted by atomic mass is 28.4. The molecule has 0 aromatic heterocycles. The van der Waals surface area contributed by atoms with Crippen molar-refractivity contribution in [2.45, 2.75) is 46.3 Å². The van der Waals surface area contributed by atoms with E-state index in [0.717, 1.165) is 6.61 Å². The Hall–Kier alpha value is -0.603. The van der Waals surface area contributed by atoms with Gasteiger partial charge in [-0.15, -0.1) is 0 Å². The van der Waals surface area contributed by atoms with Gasteiger partial charge < -0.3 is 4.43 Å².